The summed E-state index contributed by atoms with van der Waals surface area (Å²) in [6.07, 6.45) is 1.68. The number of esters is 1. The number of ether oxygens (including phenoxy) is 1. The average Bonchev–Trinajstić information content (AvgIpc) is 3.77. The standard InChI is InChI=1S/C42H29ClN4O4/c1-2-50-42(49)29-17-20-33(21-18-29)46-36(27-11-5-3-6-12-27)24-31(39(46)28-13-7-4-8-14-28)26-44-47-40(45-35-16-10-9-15-34(35)41(47)48)38-25-30-23-32(43)19-22-37(30)51-38/h3-26H,2H2,1H3. The second-order valence-electron chi connectivity index (χ2n) is 11.8. The Kier molecular flexibility index (Phi) is 8.35. The van der Waals surface area contributed by atoms with Gasteiger partial charge in [-0.1, -0.05) is 84.4 Å². The highest BCUT2D eigenvalue weighted by molar-refractivity contribution is 6.31. The third kappa shape index (κ3) is 6.02. The molecule has 0 atom stereocenters. The van der Waals surface area contributed by atoms with Crippen LogP contribution in [-0.2, 0) is 4.74 Å². The van der Waals surface area contributed by atoms with Crippen LogP contribution in [0.5, 0.6) is 0 Å². The van der Waals surface area contributed by atoms with Crippen molar-refractivity contribution in [3.05, 3.63) is 166 Å². The predicted octanol–water partition coefficient (Wildman–Crippen LogP) is 9.65. The number of furan rings is 1. The Labute approximate surface area is 297 Å². The maximum atomic E-state index is 14.1. The lowest BCUT2D eigenvalue weighted by Crippen LogP contribution is -2.20. The van der Waals surface area contributed by atoms with Crippen LogP contribution in [0.4, 0.5) is 0 Å². The third-order valence-electron chi connectivity index (χ3n) is 8.55. The zero-order valence-corrected chi connectivity index (χ0v) is 28.1. The van der Waals surface area contributed by atoms with Gasteiger partial charge in [0.1, 0.15) is 5.58 Å². The summed E-state index contributed by atoms with van der Waals surface area (Å²) in [7, 11) is 0. The molecule has 0 aliphatic rings. The van der Waals surface area contributed by atoms with E-state index in [0.29, 0.717) is 39.4 Å². The molecule has 0 saturated carbocycles. The second-order valence-corrected chi connectivity index (χ2v) is 12.2. The molecule has 0 saturated heterocycles. The minimum absolute atomic E-state index is 0.251. The van der Waals surface area contributed by atoms with Crippen molar-refractivity contribution in [3.63, 3.8) is 0 Å². The maximum absolute atomic E-state index is 14.1. The fraction of sp³-hybridized carbons (Fsp3) is 0.0476. The number of para-hydroxylation sites is 1. The number of rotatable bonds is 8. The van der Waals surface area contributed by atoms with E-state index in [4.69, 9.17) is 30.8 Å². The molecule has 0 spiro atoms. The van der Waals surface area contributed by atoms with Gasteiger partial charge in [-0.15, -0.1) is 0 Å². The van der Waals surface area contributed by atoms with E-state index in [1.165, 1.54) is 4.68 Å². The molecule has 9 heteroatoms. The third-order valence-corrected chi connectivity index (χ3v) is 8.78. The molecule has 248 valence electrons. The number of nitrogens with zero attached hydrogens (tertiary/aromatic N) is 4. The Morgan fingerprint density at radius 1 is 0.843 bits per heavy atom. The first-order valence-electron chi connectivity index (χ1n) is 16.4. The molecule has 0 radical (unpaired) electrons. The molecule has 3 aromatic heterocycles. The van der Waals surface area contributed by atoms with E-state index in [9.17, 15) is 9.59 Å². The van der Waals surface area contributed by atoms with Gasteiger partial charge in [0, 0.05) is 21.7 Å². The number of aromatic nitrogens is 3. The van der Waals surface area contributed by atoms with Gasteiger partial charge in [0.15, 0.2) is 5.76 Å². The highest BCUT2D eigenvalue weighted by atomic mass is 35.5. The number of carbonyl (C=O) groups excluding carboxylic acids is 1. The molecule has 0 aliphatic carbocycles. The van der Waals surface area contributed by atoms with Crippen molar-refractivity contribution < 1.29 is 13.9 Å². The summed E-state index contributed by atoms with van der Waals surface area (Å²) in [5.74, 6) is 0.245. The Morgan fingerprint density at radius 2 is 1.55 bits per heavy atom. The number of carbonyl (C=O) groups is 1. The first-order valence-corrected chi connectivity index (χ1v) is 16.8. The second kappa shape index (κ2) is 13.4. The molecule has 8 aromatic rings. The normalized spacial score (nSPS) is 11.5. The maximum Gasteiger partial charge on any atom is 0.338 e. The first kappa shape index (κ1) is 31.7. The van der Waals surface area contributed by atoms with E-state index in [1.807, 2.05) is 91.0 Å². The molecule has 8 nitrogen and oxygen atoms in total. The summed E-state index contributed by atoms with van der Waals surface area (Å²) >= 11 is 6.27. The fourth-order valence-electron chi connectivity index (χ4n) is 6.21. The van der Waals surface area contributed by atoms with Gasteiger partial charge in [-0.05, 0) is 84.8 Å². The van der Waals surface area contributed by atoms with Crippen molar-refractivity contribution >= 4 is 45.7 Å². The van der Waals surface area contributed by atoms with Gasteiger partial charge < -0.3 is 13.7 Å². The Morgan fingerprint density at radius 3 is 2.29 bits per heavy atom. The van der Waals surface area contributed by atoms with E-state index in [-0.39, 0.29) is 17.4 Å². The SMILES string of the molecule is CCOC(=O)c1ccc(-n2c(-c3ccccc3)cc(C=Nn3c(-c4cc5cc(Cl)ccc5o4)nc4ccccc4c3=O)c2-c2ccccc2)cc1. The van der Waals surface area contributed by atoms with Crippen LogP contribution in [0.15, 0.2) is 154 Å². The highest BCUT2D eigenvalue weighted by Crippen LogP contribution is 2.36. The summed E-state index contributed by atoms with van der Waals surface area (Å²) in [4.78, 5) is 31.5. The molecule has 8 rings (SSSR count). The van der Waals surface area contributed by atoms with E-state index in [2.05, 4.69) is 4.57 Å². The van der Waals surface area contributed by atoms with Crippen LogP contribution in [0.1, 0.15) is 22.8 Å². The summed E-state index contributed by atoms with van der Waals surface area (Å²) in [5, 5.41) is 6.60. The van der Waals surface area contributed by atoms with Crippen LogP contribution in [0.3, 0.4) is 0 Å². The van der Waals surface area contributed by atoms with Crippen LogP contribution >= 0.6 is 11.6 Å². The van der Waals surface area contributed by atoms with E-state index in [1.54, 1.807) is 61.7 Å². The number of benzene rings is 5. The lowest BCUT2D eigenvalue weighted by molar-refractivity contribution is 0.0526. The molecule has 3 heterocycles. The Hall–Kier alpha value is -6.51. The van der Waals surface area contributed by atoms with E-state index >= 15 is 0 Å². The lowest BCUT2D eigenvalue weighted by Gasteiger charge is -2.15. The van der Waals surface area contributed by atoms with Gasteiger partial charge in [0.05, 0.1) is 40.7 Å². The molecule has 0 bridgehead atoms. The number of halogens is 1. The van der Waals surface area contributed by atoms with E-state index < -0.39 is 0 Å². The summed E-state index contributed by atoms with van der Waals surface area (Å²) in [6.45, 7) is 2.07. The van der Waals surface area contributed by atoms with Crippen LogP contribution in [0.2, 0.25) is 5.02 Å². The molecule has 0 unspecified atom stereocenters. The number of hydrogen-bond acceptors (Lipinski definition) is 6. The predicted molar refractivity (Wildman–Crippen MR) is 202 cm³/mol. The number of hydrogen-bond donors (Lipinski definition) is 0. The van der Waals surface area contributed by atoms with Crippen molar-refractivity contribution in [2.45, 2.75) is 6.92 Å². The summed E-state index contributed by atoms with van der Waals surface area (Å²) in [5.41, 5.74) is 6.44. The van der Waals surface area contributed by atoms with Gasteiger partial charge in [0.25, 0.3) is 5.56 Å². The van der Waals surface area contributed by atoms with Crippen LogP contribution < -0.4 is 5.56 Å². The van der Waals surface area contributed by atoms with Crippen molar-refractivity contribution in [3.8, 4) is 39.8 Å². The lowest BCUT2D eigenvalue weighted by atomic mass is 10.1. The number of fused-ring (bicyclic) bond motifs is 2. The molecule has 0 fully saturated rings. The van der Waals surface area contributed by atoms with Crippen LogP contribution in [-0.4, -0.2) is 33.0 Å². The van der Waals surface area contributed by atoms with Gasteiger partial charge in [-0.2, -0.15) is 9.78 Å². The molecular formula is C42H29ClN4O4. The zero-order chi connectivity index (χ0) is 34.9. The molecule has 51 heavy (non-hydrogen) atoms. The fourth-order valence-corrected chi connectivity index (χ4v) is 6.39. The largest absolute Gasteiger partial charge is 0.462 e. The monoisotopic (exact) mass is 688 g/mol. The van der Waals surface area contributed by atoms with E-state index in [0.717, 1.165) is 39.2 Å². The summed E-state index contributed by atoms with van der Waals surface area (Å²) in [6, 6.07) is 43.7. The van der Waals surface area contributed by atoms with Crippen LogP contribution in [0, 0.1) is 0 Å². The Balaban J connectivity index is 1.35. The molecular weight excluding hydrogens is 660 g/mol. The Bertz CT molecular complexity index is 2640. The van der Waals surface area contributed by atoms with Crippen molar-refractivity contribution in [1.29, 1.82) is 0 Å². The smallest absolute Gasteiger partial charge is 0.338 e. The van der Waals surface area contributed by atoms with Crippen molar-refractivity contribution in [2.75, 3.05) is 6.61 Å². The minimum Gasteiger partial charge on any atom is -0.462 e. The average molecular weight is 689 g/mol. The van der Waals surface area contributed by atoms with Crippen LogP contribution in [0.25, 0.3) is 61.7 Å². The van der Waals surface area contributed by atoms with Gasteiger partial charge in [0.2, 0.25) is 5.82 Å². The quantitative estimate of drug-likeness (QED) is 0.117. The minimum atomic E-state index is -0.381. The first-order chi connectivity index (χ1) is 25.0. The molecule has 0 amide bonds. The topological polar surface area (TPSA) is 91.6 Å². The van der Waals surface area contributed by atoms with Gasteiger partial charge in [-0.25, -0.2) is 9.78 Å². The zero-order valence-electron chi connectivity index (χ0n) is 27.4. The molecule has 5 aromatic carbocycles. The molecule has 0 N–H and O–H groups in total. The van der Waals surface area contributed by atoms with Crippen molar-refractivity contribution in [1.82, 2.24) is 14.2 Å². The highest BCUT2D eigenvalue weighted by Gasteiger charge is 2.21. The summed E-state index contributed by atoms with van der Waals surface area (Å²) < 4.78 is 14.8. The molecule has 0 aliphatic heterocycles. The van der Waals surface area contributed by atoms with Gasteiger partial charge in [-0.3, -0.25) is 4.79 Å². The van der Waals surface area contributed by atoms with Crippen molar-refractivity contribution in [2.24, 2.45) is 5.10 Å². The van der Waals surface area contributed by atoms with Gasteiger partial charge >= 0.3 is 5.97 Å².